The van der Waals surface area contributed by atoms with E-state index in [0.29, 0.717) is 17.8 Å². The van der Waals surface area contributed by atoms with Gasteiger partial charge in [-0.15, -0.1) is 0 Å². The van der Waals surface area contributed by atoms with Crippen molar-refractivity contribution >= 4 is 11.6 Å². The molecule has 0 fully saturated rings. The normalized spacial score (nSPS) is 12.0. The van der Waals surface area contributed by atoms with E-state index < -0.39 is 0 Å². The molecule has 0 aliphatic heterocycles. The first kappa shape index (κ1) is 15.0. The Kier molecular flexibility index (Phi) is 4.52. The van der Waals surface area contributed by atoms with Crippen LogP contribution in [0, 0.1) is 6.92 Å². The third-order valence-electron chi connectivity index (χ3n) is 3.46. The van der Waals surface area contributed by atoms with Crippen LogP contribution < -0.4 is 5.73 Å². The molecule has 2 aromatic rings. The molecule has 21 heavy (non-hydrogen) atoms. The third-order valence-corrected chi connectivity index (χ3v) is 3.46. The maximum Gasteiger partial charge on any atom is 0.272 e. The summed E-state index contributed by atoms with van der Waals surface area (Å²) in [6.07, 6.45) is 4.04. The molecule has 1 atom stereocenters. The Hall–Kier alpha value is -2.43. The van der Waals surface area contributed by atoms with E-state index in [0.717, 1.165) is 5.69 Å². The lowest BCUT2D eigenvalue weighted by molar-refractivity contribution is 0.0737. The zero-order valence-electron chi connectivity index (χ0n) is 12.6. The third kappa shape index (κ3) is 3.78. The monoisotopic (exact) mass is 284 g/mol. The van der Waals surface area contributed by atoms with Crippen molar-refractivity contribution in [2.75, 3.05) is 12.8 Å². The van der Waals surface area contributed by atoms with Gasteiger partial charge >= 0.3 is 0 Å². The zero-order valence-corrected chi connectivity index (χ0v) is 12.6. The Bertz CT molecular complexity index is 642. The molecule has 0 radical (unpaired) electrons. The highest BCUT2D eigenvalue weighted by Gasteiger charge is 2.19. The van der Waals surface area contributed by atoms with Crippen LogP contribution in [0.25, 0.3) is 0 Å². The van der Waals surface area contributed by atoms with Crippen molar-refractivity contribution in [2.24, 2.45) is 0 Å². The van der Waals surface area contributed by atoms with E-state index in [1.54, 1.807) is 36.5 Å². The Morgan fingerprint density at radius 1 is 1.29 bits per heavy atom. The first-order chi connectivity index (χ1) is 9.97. The fourth-order valence-corrected chi connectivity index (χ4v) is 2.09. The first-order valence-electron chi connectivity index (χ1n) is 6.87. The van der Waals surface area contributed by atoms with E-state index in [9.17, 15) is 4.79 Å². The van der Waals surface area contributed by atoms with Gasteiger partial charge < -0.3 is 10.6 Å². The minimum atomic E-state index is -0.137. The van der Waals surface area contributed by atoms with Crippen LogP contribution in [0.1, 0.15) is 28.7 Å². The number of aryl methyl sites for hydroxylation is 1. The molecule has 0 saturated carbocycles. The Morgan fingerprint density at radius 3 is 2.67 bits per heavy atom. The van der Waals surface area contributed by atoms with Crippen LogP contribution in [0.15, 0.2) is 36.7 Å². The number of carbonyl (C=O) groups is 1. The SMILES string of the molecule is Cc1ccnc(CC(C)N(C)C(=O)c2cc(N)ccn2)c1. The van der Waals surface area contributed by atoms with Crippen LogP contribution in [0.4, 0.5) is 5.69 Å². The van der Waals surface area contributed by atoms with E-state index >= 15 is 0 Å². The van der Waals surface area contributed by atoms with Gasteiger partial charge in [0.2, 0.25) is 0 Å². The predicted octanol–water partition coefficient (Wildman–Crippen LogP) is 2.07. The number of rotatable bonds is 4. The van der Waals surface area contributed by atoms with Gasteiger partial charge in [-0.1, -0.05) is 0 Å². The number of pyridine rings is 2. The van der Waals surface area contributed by atoms with Crippen molar-refractivity contribution < 1.29 is 4.79 Å². The molecule has 5 nitrogen and oxygen atoms in total. The molecule has 5 heteroatoms. The van der Waals surface area contributed by atoms with Gasteiger partial charge in [0.25, 0.3) is 5.91 Å². The summed E-state index contributed by atoms with van der Waals surface area (Å²) in [7, 11) is 1.77. The minimum absolute atomic E-state index is 0.0232. The molecule has 0 saturated heterocycles. The zero-order chi connectivity index (χ0) is 15.4. The van der Waals surface area contributed by atoms with E-state index in [1.165, 1.54) is 5.56 Å². The molecule has 0 aromatic carbocycles. The van der Waals surface area contributed by atoms with Crippen molar-refractivity contribution in [1.29, 1.82) is 0 Å². The van der Waals surface area contributed by atoms with Gasteiger partial charge in [-0.05, 0) is 43.7 Å². The van der Waals surface area contributed by atoms with Crippen molar-refractivity contribution in [3.8, 4) is 0 Å². The molecule has 1 unspecified atom stereocenters. The number of carbonyl (C=O) groups excluding carboxylic acids is 1. The maximum atomic E-state index is 12.4. The second-order valence-electron chi connectivity index (χ2n) is 5.27. The average Bonchev–Trinajstić information content (AvgIpc) is 2.45. The fourth-order valence-electron chi connectivity index (χ4n) is 2.09. The number of nitrogens with two attached hydrogens (primary N) is 1. The fraction of sp³-hybridized carbons (Fsp3) is 0.312. The largest absolute Gasteiger partial charge is 0.399 e. The Morgan fingerprint density at radius 2 is 2.00 bits per heavy atom. The molecular weight excluding hydrogens is 264 g/mol. The summed E-state index contributed by atoms with van der Waals surface area (Å²) < 4.78 is 0. The van der Waals surface area contributed by atoms with E-state index in [2.05, 4.69) is 9.97 Å². The van der Waals surface area contributed by atoms with Crippen molar-refractivity contribution in [3.63, 3.8) is 0 Å². The Labute approximate surface area is 124 Å². The van der Waals surface area contributed by atoms with Crippen LogP contribution in [0.5, 0.6) is 0 Å². The molecule has 2 heterocycles. The summed E-state index contributed by atoms with van der Waals surface area (Å²) in [5, 5.41) is 0. The number of hydrogen-bond donors (Lipinski definition) is 1. The van der Waals surface area contributed by atoms with Crippen molar-refractivity contribution in [3.05, 3.63) is 53.6 Å². The number of hydrogen-bond acceptors (Lipinski definition) is 4. The molecule has 2 aromatic heterocycles. The number of nitrogen functional groups attached to an aromatic ring is 1. The lowest BCUT2D eigenvalue weighted by Crippen LogP contribution is -2.37. The van der Waals surface area contributed by atoms with Crippen LogP contribution in [-0.4, -0.2) is 33.9 Å². The molecule has 0 aliphatic carbocycles. The van der Waals surface area contributed by atoms with Crippen LogP contribution in [0.2, 0.25) is 0 Å². The van der Waals surface area contributed by atoms with Crippen LogP contribution >= 0.6 is 0 Å². The molecule has 2 N–H and O–H groups in total. The molecule has 110 valence electrons. The summed E-state index contributed by atoms with van der Waals surface area (Å²) >= 11 is 0. The van der Waals surface area contributed by atoms with Gasteiger partial charge in [0.15, 0.2) is 0 Å². The molecule has 0 spiro atoms. The topological polar surface area (TPSA) is 72.1 Å². The van der Waals surface area contributed by atoms with Gasteiger partial charge in [-0.25, -0.2) is 0 Å². The molecule has 0 aliphatic rings. The number of anilines is 1. The average molecular weight is 284 g/mol. The van der Waals surface area contributed by atoms with E-state index in [4.69, 9.17) is 5.73 Å². The standard InChI is InChI=1S/C16H20N4O/c1-11-4-6-18-14(8-11)9-12(2)20(3)16(21)15-10-13(17)5-7-19-15/h4-8,10,12H,9H2,1-3H3,(H2,17,19). The van der Waals surface area contributed by atoms with Gasteiger partial charge in [-0.2, -0.15) is 0 Å². The molecule has 0 bridgehead atoms. The van der Waals surface area contributed by atoms with Crippen LogP contribution in [-0.2, 0) is 6.42 Å². The van der Waals surface area contributed by atoms with Crippen molar-refractivity contribution in [1.82, 2.24) is 14.9 Å². The van der Waals surface area contributed by atoms with Gasteiger partial charge in [0, 0.05) is 43.3 Å². The van der Waals surface area contributed by atoms with Gasteiger partial charge in [-0.3, -0.25) is 14.8 Å². The smallest absolute Gasteiger partial charge is 0.272 e. The minimum Gasteiger partial charge on any atom is -0.399 e. The quantitative estimate of drug-likeness (QED) is 0.933. The number of amides is 1. The summed E-state index contributed by atoms with van der Waals surface area (Å²) in [6, 6.07) is 7.27. The van der Waals surface area contributed by atoms with Crippen LogP contribution in [0.3, 0.4) is 0 Å². The number of aromatic nitrogens is 2. The predicted molar refractivity (Wildman–Crippen MR) is 82.9 cm³/mol. The highest BCUT2D eigenvalue weighted by Crippen LogP contribution is 2.11. The highest BCUT2D eigenvalue weighted by atomic mass is 16.2. The second kappa shape index (κ2) is 6.35. The number of nitrogens with zero attached hydrogens (tertiary/aromatic N) is 3. The lowest BCUT2D eigenvalue weighted by Gasteiger charge is -2.24. The van der Waals surface area contributed by atoms with Gasteiger partial charge in [0.1, 0.15) is 5.69 Å². The first-order valence-corrected chi connectivity index (χ1v) is 6.87. The van der Waals surface area contributed by atoms with E-state index in [-0.39, 0.29) is 11.9 Å². The van der Waals surface area contributed by atoms with Crippen molar-refractivity contribution in [2.45, 2.75) is 26.3 Å². The summed E-state index contributed by atoms with van der Waals surface area (Å²) in [4.78, 5) is 22.5. The summed E-state index contributed by atoms with van der Waals surface area (Å²) in [6.45, 7) is 4.02. The Balaban J connectivity index is 2.08. The maximum absolute atomic E-state index is 12.4. The molecule has 1 amide bonds. The lowest BCUT2D eigenvalue weighted by atomic mass is 10.1. The molecule has 2 rings (SSSR count). The van der Waals surface area contributed by atoms with E-state index in [1.807, 2.05) is 26.0 Å². The molecular formula is C16H20N4O. The second-order valence-corrected chi connectivity index (χ2v) is 5.27. The summed E-state index contributed by atoms with van der Waals surface area (Å²) in [5.41, 5.74) is 8.73. The summed E-state index contributed by atoms with van der Waals surface area (Å²) in [5.74, 6) is -0.137. The highest BCUT2D eigenvalue weighted by molar-refractivity contribution is 5.93. The number of likely N-dealkylation sites (N-methyl/N-ethyl adjacent to an activating group) is 1. The van der Waals surface area contributed by atoms with Gasteiger partial charge in [0.05, 0.1) is 0 Å².